The molecule has 3 unspecified atom stereocenters. The Kier molecular flexibility index (Phi) is 6.17. The molecule has 0 amide bonds. The van der Waals surface area contributed by atoms with Gasteiger partial charge in [-0.2, -0.15) is 0 Å². The summed E-state index contributed by atoms with van der Waals surface area (Å²) in [4.78, 5) is 5.08. The molecule has 4 aliphatic rings. The molecule has 0 saturated carbocycles. The molecule has 10 rings (SSSR count). The monoisotopic (exact) mass is 614 g/mol. The third-order valence-corrected chi connectivity index (χ3v) is 10.7. The van der Waals surface area contributed by atoms with Gasteiger partial charge in [-0.25, -0.2) is 0 Å². The number of benzene rings is 6. The van der Waals surface area contributed by atoms with Gasteiger partial charge in [-0.15, -0.1) is 0 Å². The lowest BCUT2D eigenvalue weighted by Gasteiger charge is -2.31. The van der Waals surface area contributed by atoms with Crippen molar-refractivity contribution in [1.29, 1.82) is 0 Å². The molecule has 0 saturated heterocycles. The Balaban J connectivity index is 0.984. The van der Waals surface area contributed by atoms with Gasteiger partial charge in [0.1, 0.15) is 0 Å². The number of hydrogen-bond donors (Lipinski definition) is 0. The lowest BCUT2D eigenvalue weighted by atomic mass is 9.83. The average Bonchev–Trinajstić information content (AvgIpc) is 3.67. The van der Waals surface area contributed by atoms with Crippen LogP contribution in [0.3, 0.4) is 0 Å². The first-order valence-corrected chi connectivity index (χ1v) is 17.0. The second kappa shape index (κ2) is 10.9. The van der Waals surface area contributed by atoms with Crippen LogP contribution in [0.4, 0.5) is 22.7 Å². The van der Waals surface area contributed by atoms with Gasteiger partial charge in [-0.1, -0.05) is 133 Å². The van der Waals surface area contributed by atoms with E-state index in [2.05, 4.69) is 186 Å². The fraction of sp³-hybridized carbons (Fsp3) is 0.0870. The van der Waals surface area contributed by atoms with Crippen LogP contribution in [0, 0.1) is 0 Å². The van der Waals surface area contributed by atoms with Crippen LogP contribution in [0.1, 0.15) is 23.5 Å². The van der Waals surface area contributed by atoms with Crippen molar-refractivity contribution in [3.05, 3.63) is 198 Å². The van der Waals surface area contributed by atoms with Crippen molar-refractivity contribution < 1.29 is 0 Å². The highest BCUT2D eigenvalue weighted by atomic mass is 15.2. The zero-order valence-electron chi connectivity index (χ0n) is 26.6. The van der Waals surface area contributed by atoms with Crippen LogP contribution in [-0.2, 0) is 0 Å². The molecule has 0 N–H and O–H groups in total. The minimum absolute atomic E-state index is 0.249. The van der Waals surface area contributed by atoms with Crippen molar-refractivity contribution in [3.8, 4) is 11.1 Å². The van der Waals surface area contributed by atoms with E-state index in [0.29, 0.717) is 5.92 Å². The van der Waals surface area contributed by atoms with E-state index in [9.17, 15) is 0 Å². The summed E-state index contributed by atoms with van der Waals surface area (Å²) in [5, 5.41) is 2.55. The summed E-state index contributed by atoms with van der Waals surface area (Å²) in [7, 11) is 0. The van der Waals surface area contributed by atoms with E-state index in [0.717, 1.165) is 6.42 Å². The van der Waals surface area contributed by atoms with E-state index in [1.807, 2.05) is 0 Å². The second-order valence-corrected chi connectivity index (χ2v) is 13.3. The van der Waals surface area contributed by atoms with Crippen LogP contribution in [0.15, 0.2) is 187 Å². The van der Waals surface area contributed by atoms with Gasteiger partial charge in [0.25, 0.3) is 0 Å². The maximum Gasteiger partial charge on any atom is 0.0633 e. The summed E-state index contributed by atoms with van der Waals surface area (Å²) in [5.74, 6) is 0.292. The van der Waals surface area contributed by atoms with Gasteiger partial charge in [0.15, 0.2) is 0 Å². The third-order valence-electron chi connectivity index (χ3n) is 10.7. The van der Waals surface area contributed by atoms with Gasteiger partial charge in [0.2, 0.25) is 0 Å². The van der Waals surface area contributed by atoms with Crippen LogP contribution in [-0.4, -0.2) is 12.1 Å². The third kappa shape index (κ3) is 4.26. The molecule has 3 atom stereocenters. The lowest BCUT2D eigenvalue weighted by Crippen LogP contribution is -2.29. The summed E-state index contributed by atoms with van der Waals surface area (Å²) in [6.45, 7) is 0. The molecule has 6 aromatic carbocycles. The van der Waals surface area contributed by atoms with Gasteiger partial charge in [-0.3, -0.25) is 0 Å². The molecule has 2 aliphatic heterocycles. The number of anilines is 4. The van der Waals surface area contributed by atoms with Gasteiger partial charge in [0.05, 0.1) is 12.1 Å². The Labute approximate surface area is 281 Å². The standard InChI is InChI=1S/C46H34N2/c1-2-10-31(11-3-1)33-18-23-37(24-19-33)47-43-16-8-6-14-39(43)41-29-35(21-26-45(41)47)36-22-27-46-42(30-36)40-15-7-9-17-44(40)48(46)38-25-20-32-12-4-5-13-34(32)28-38/h1-25,27-30,42,45-46H,26H2. The fourth-order valence-corrected chi connectivity index (χ4v) is 8.42. The van der Waals surface area contributed by atoms with Crippen LogP contribution < -0.4 is 9.80 Å². The molecule has 0 fully saturated rings. The van der Waals surface area contributed by atoms with Gasteiger partial charge < -0.3 is 9.80 Å². The van der Waals surface area contributed by atoms with Crippen LogP contribution in [0.25, 0.3) is 27.5 Å². The van der Waals surface area contributed by atoms with Crippen molar-refractivity contribution in [2.75, 3.05) is 9.80 Å². The van der Waals surface area contributed by atoms with E-state index in [1.54, 1.807) is 0 Å². The molecule has 6 aromatic rings. The van der Waals surface area contributed by atoms with Gasteiger partial charge in [0, 0.05) is 34.2 Å². The summed E-state index contributed by atoms with van der Waals surface area (Å²) in [6, 6.07) is 53.7. The lowest BCUT2D eigenvalue weighted by molar-refractivity contribution is 0.739. The van der Waals surface area contributed by atoms with Crippen molar-refractivity contribution in [2.24, 2.45) is 0 Å². The van der Waals surface area contributed by atoms with Crippen molar-refractivity contribution in [1.82, 2.24) is 0 Å². The van der Waals surface area contributed by atoms with Gasteiger partial charge >= 0.3 is 0 Å². The number of rotatable bonds is 4. The SMILES string of the molecule is C1=CC2C(C=C1C1=CCC3C(=C1)c1ccccc1N3c1ccc(-c3ccccc3)cc1)c1ccccc1N2c1ccc2ccccc2c1. The molecule has 0 bridgehead atoms. The highest BCUT2D eigenvalue weighted by Crippen LogP contribution is 2.51. The van der Waals surface area contributed by atoms with Crippen LogP contribution in [0.5, 0.6) is 0 Å². The first kappa shape index (κ1) is 27.3. The topological polar surface area (TPSA) is 6.48 Å². The highest BCUT2D eigenvalue weighted by Gasteiger charge is 2.40. The zero-order chi connectivity index (χ0) is 31.6. The molecule has 228 valence electrons. The molecule has 0 spiro atoms. The van der Waals surface area contributed by atoms with E-state index < -0.39 is 0 Å². The van der Waals surface area contributed by atoms with Crippen molar-refractivity contribution in [3.63, 3.8) is 0 Å². The fourth-order valence-electron chi connectivity index (χ4n) is 8.42. The predicted octanol–water partition coefficient (Wildman–Crippen LogP) is 11.5. The number of hydrogen-bond acceptors (Lipinski definition) is 2. The summed E-state index contributed by atoms with van der Waals surface area (Å²) < 4.78 is 0. The quantitative estimate of drug-likeness (QED) is 0.195. The second-order valence-electron chi connectivity index (χ2n) is 13.3. The average molecular weight is 615 g/mol. The molecule has 2 aliphatic carbocycles. The maximum absolute atomic E-state index is 2.54. The Morgan fingerprint density at radius 2 is 1.25 bits per heavy atom. The minimum Gasteiger partial charge on any atom is -0.333 e. The van der Waals surface area contributed by atoms with Crippen molar-refractivity contribution in [2.45, 2.75) is 24.4 Å². The smallest absolute Gasteiger partial charge is 0.0633 e. The highest BCUT2D eigenvalue weighted by molar-refractivity contribution is 5.95. The zero-order valence-corrected chi connectivity index (χ0v) is 26.6. The number of para-hydroxylation sites is 2. The van der Waals surface area contributed by atoms with Crippen LogP contribution in [0.2, 0.25) is 0 Å². The first-order chi connectivity index (χ1) is 23.8. The Hall–Kier alpha value is -5.86. The van der Waals surface area contributed by atoms with Crippen LogP contribution >= 0.6 is 0 Å². The molecule has 2 nitrogen and oxygen atoms in total. The van der Waals surface area contributed by atoms with E-state index in [-0.39, 0.29) is 12.1 Å². The number of fused-ring (bicyclic) bond motifs is 7. The molecular weight excluding hydrogens is 581 g/mol. The van der Waals surface area contributed by atoms with Gasteiger partial charge in [-0.05, 0) is 93.1 Å². The van der Waals surface area contributed by atoms with E-state index in [4.69, 9.17) is 0 Å². The predicted molar refractivity (Wildman–Crippen MR) is 201 cm³/mol. The summed E-state index contributed by atoms with van der Waals surface area (Å²) >= 11 is 0. The molecular formula is C46H34N2. The molecule has 0 radical (unpaired) electrons. The Morgan fingerprint density at radius 1 is 0.542 bits per heavy atom. The molecule has 2 heteroatoms. The Morgan fingerprint density at radius 3 is 2.12 bits per heavy atom. The molecule has 48 heavy (non-hydrogen) atoms. The summed E-state index contributed by atoms with van der Waals surface area (Å²) in [5.41, 5.74) is 14.4. The number of nitrogens with zero attached hydrogens (tertiary/aromatic N) is 2. The molecule has 2 heterocycles. The summed E-state index contributed by atoms with van der Waals surface area (Å²) in [6.07, 6.45) is 13.2. The Bertz CT molecular complexity index is 2340. The maximum atomic E-state index is 2.54. The number of allylic oxidation sites excluding steroid dienone is 4. The van der Waals surface area contributed by atoms with Crippen molar-refractivity contribution >= 4 is 39.1 Å². The normalized spacial score (nSPS) is 20.4. The largest absolute Gasteiger partial charge is 0.333 e. The molecule has 0 aromatic heterocycles. The van der Waals surface area contributed by atoms with E-state index in [1.165, 1.54) is 72.5 Å². The minimum atomic E-state index is 0.249. The van der Waals surface area contributed by atoms with E-state index >= 15 is 0 Å². The first-order valence-electron chi connectivity index (χ1n) is 17.0.